The van der Waals surface area contributed by atoms with Gasteiger partial charge in [-0.25, -0.2) is 0 Å². The summed E-state index contributed by atoms with van der Waals surface area (Å²) in [5.74, 6) is 0. The summed E-state index contributed by atoms with van der Waals surface area (Å²) in [5.41, 5.74) is 0. The quantitative estimate of drug-likeness (QED) is 0.623. The summed E-state index contributed by atoms with van der Waals surface area (Å²) in [6.07, 6.45) is 6.51. The van der Waals surface area contributed by atoms with E-state index in [1.165, 1.54) is 6.08 Å². The van der Waals surface area contributed by atoms with Crippen molar-refractivity contribution in [1.82, 2.24) is 9.80 Å². The average Bonchev–Trinajstić information content (AvgIpc) is 2.52. The SMILES string of the molecule is C=CCN1C=CN(C(O)C=C)C1. The van der Waals surface area contributed by atoms with Crippen molar-refractivity contribution in [2.24, 2.45) is 0 Å². The topological polar surface area (TPSA) is 26.7 Å². The van der Waals surface area contributed by atoms with Gasteiger partial charge in [0.1, 0.15) is 6.23 Å². The number of hydrogen-bond acceptors (Lipinski definition) is 3. The maximum atomic E-state index is 9.35. The van der Waals surface area contributed by atoms with Crippen molar-refractivity contribution in [3.63, 3.8) is 0 Å². The zero-order valence-corrected chi connectivity index (χ0v) is 7.06. The van der Waals surface area contributed by atoms with Crippen LogP contribution in [0.4, 0.5) is 0 Å². The number of rotatable bonds is 4. The Morgan fingerprint density at radius 1 is 1.50 bits per heavy atom. The molecule has 0 aromatic carbocycles. The van der Waals surface area contributed by atoms with E-state index in [2.05, 4.69) is 13.2 Å². The zero-order valence-electron chi connectivity index (χ0n) is 7.06. The lowest BCUT2D eigenvalue weighted by molar-refractivity contribution is 0.0663. The Morgan fingerprint density at radius 3 is 2.83 bits per heavy atom. The van der Waals surface area contributed by atoms with E-state index >= 15 is 0 Å². The van der Waals surface area contributed by atoms with Crippen LogP contribution in [0.15, 0.2) is 37.7 Å². The van der Waals surface area contributed by atoms with Gasteiger partial charge in [-0.15, -0.1) is 6.58 Å². The highest BCUT2D eigenvalue weighted by Crippen LogP contribution is 2.09. The molecule has 3 heteroatoms. The molecule has 0 saturated carbocycles. The molecule has 0 aliphatic carbocycles. The molecule has 0 amide bonds. The first kappa shape index (κ1) is 8.87. The molecule has 1 rings (SSSR count). The van der Waals surface area contributed by atoms with Crippen LogP contribution in [0.5, 0.6) is 0 Å². The summed E-state index contributed by atoms with van der Waals surface area (Å²) in [7, 11) is 0. The van der Waals surface area contributed by atoms with Crippen LogP contribution in [0.25, 0.3) is 0 Å². The monoisotopic (exact) mass is 166 g/mol. The van der Waals surface area contributed by atoms with Crippen LogP contribution in [0.3, 0.4) is 0 Å². The van der Waals surface area contributed by atoms with Gasteiger partial charge >= 0.3 is 0 Å². The van der Waals surface area contributed by atoms with E-state index < -0.39 is 6.23 Å². The largest absolute Gasteiger partial charge is 0.370 e. The number of hydrogen-bond donors (Lipinski definition) is 1. The fourth-order valence-electron chi connectivity index (χ4n) is 1.08. The van der Waals surface area contributed by atoms with Gasteiger partial charge in [0.15, 0.2) is 0 Å². The smallest absolute Gasteiger partial charge is 0.146 e. The molecule has 1 heterocycles. The first-order valence-corrected chi connectivity index (χ1v) is 3.87. The molecular weight excluding hydrogens is 152 g/mol. The molecule has 0 radical (unpaired) electrons. The van der Waals surface area contributed by atoms with Gasteiger partial charge in [0.2, 0.25) is 0 Å². The van der Waals surface area contributed by atoms with Gasteiger partial charge in [-0.05, 0) is 6.08 Å². The maximum absolute atomic E-state index is 9.35. The molecule has 0 fully saturated rings. The van der Waals surface area contributed by atoms with Gasteiger partial charge in [0.25, 0.3) is 0 Å². The highest BCUT2D eigenvalue weighted by Gasteiger charge is 2.14. The van der Waals surface area contributed by atoms with E-state index in [0.717, 1.165) is 6.54 Å². The van der Waals surface area contributed by atoms with E-state index in [9.17, 15) is 5.11 Å². The van der Waals surface area contributed by atoms with Gasteiger partial charge in [-0.2, -0.15) is 0 Å². The third-order valence-corrected chi connectivity index (χ3v) is 1.73. The maximum Gasteiger partial charge on any atom is 0.146 e. The minimum absolute atomic E-state index is 0.587. The summed E-state index contributed by atoms with van der Waals surface area (Å²) in [6.45, 7) is 8.65. The zero-order chi connectivity index (χ0) is 8.97. The van der Waals surface area contributed by atoms with E-state index in [1.807, 2.05) is 23.4 Å². The van der Waals surface area contributed by atoms with Crippen molar-refractivity contribution in [2.75, 3.05) is 13.2 Å². The van der Waals surface area contributed by atoms with Crippen molar-refractivity contribution >= 4 is 0 Å². The predicted molar refractivity (Wildman–Crippen MR) is 49.0 cm³/mol. The van der Waals surface area contributed by atoms with Gasteiger partial charge in [0.05, 0.1) is 6.67 Å². The Morgan fingerprint density at radius 2 is 2.25 bits per heavy atom. The second-order valence-electron chi connectivity index (χ2n) is 2.66. The second-order valence-corrected chi connectivity index (χ2v) is 2.66. The number of aliphatic hydroxyl groups excluding tert-OH is 1. The first-order valence-electron chi connectivity index (χ1n) is 3.87. The molecule has 0 aromatic rings. The number of aliphatic hydroxyl groups is 1. The van der Waals surface area contributed by atoms with Crippen molar-refractivity contribution < 1.29 is 5.11 Å². The van der Waals surface area contributed by atoms with Gasteiger partial charge in [-0.1, -0.05) is 12.7 Å². The molecule has 12 heavy (non-hydrogen) atoms. The third-order valence-electron chi connectivity index (χ3n) is 1.73. The Kier molecular flexibility index (Phi) is 2.94. The molecule has 1 aliphatic heterocycles. The standard InChI is InChI=1S/C9H14N2O/c1-3-5-10-6-7-11(8-10)9(12)4-2/h3-4,6-7,9,12H,1-2,5,8H2. The summed E-state index contributed by atoms with van der Waals surface area (Å²) >= 11 is 0. The lowest BCUT2D eigenvalue weighted by Gasteiger charge is -2.22. The number of nitrogens with zero attached hydrogens (tertiary/aromatic N) is 2. The van der Waals surface area contributed by atoms with Gasteiger partial charge in [-0.3, -0.25) is 0 Å². The second kappa shape index (κ2) is 3.97. The van der Waals surface area contributed by atoms with E-state index in [4.69, 9.17) is 0 Å². The fourth-order valence-corrected chi connectivity index (χ4v) is 1.08. The summed E-state index contributed by atoms with van der Waals surface area (Å²) in [6, 6.07) is 0. The molecule has 1 unspecified atom stereocenters. The van der Waals surface area contributed by atoms with Gasteiger partial charge in [0, 0.05) is 18.9 Å². The lowest BCUT2D eigenvalue weighted by Crippen LogP contribution is -2.32. The van der Waals surface area contributed by atoms with Crippen LogP contribution >= 0.6 is 0 Å². The fraction of sp³-hybridized carbons (Fsp3) is 0.333. The van der Waals surface area contributed by atoms with Crippen LogP contribution in [-0.4, -0.2) is 34.3 Å². The van der Waals surface area contributed by atoms with Crippen LogP contribution in [0.1, 0.15) is 0 Å². The molecule has 66 valence electrons. The van der Waals surface area contributed by atoms with Crippen molar-refractivity contribution in [3.8, 4) is 0 Å². The summed E-state index contributed by atoms with van der Waals surface area (Å²) in [4.78, 5) is 3.83. The van der Waals surface area contributed by atoms with Crippen LogP contribution in [0.2, 0.25) is 0 Å². The molecular formula is C9H14N2O. The van der Waals surface area contributed by atoms with Crippen molar-refractivity contribution in [1.29, 1.82) is 0 Å². The van der Waals surface area contributed by atoms with Crippen LogP contribution in [0, 0.1) is 0 Å². The molecule has 0 saturated heterocycles. The molecule has 0 bridgehead atoms. The van der Waals surface area contributed by atoms with Gasteiger partial charge < -0.3 is 14.9 Å². The van der Waals surface area contributed by atoms with E-state index in [1.54, 1.807) is 4.90 Å². The molecule has 0 spiro atoms. The van der Waals surface area contributed by atoms with Crippen LogP contribution < -0.4 is 0 Å². The highest BCUT2D eigenvalue weighted by atomic mass is 16.3. The molecule has 1 atom stereocenters. The Balaban J connectivity index is 2.41. The summed E-state index contributed by atoms with van der Waals surface area (Å²) in [5, 5.41) is 9.35. The molecule has 1 N–H and O–H groups in total. The van der Waals surface area contributed by atoms with Crippen molar-refractivity contribution in [2.45, 2.75) is 6.23 Å². The predicted octanol–water partition coefficient (Wildman–Crippen LogP) is 0.723. The van der Waals surface area contributed by atoms with E-state index in [0.29, 0.717) is 6.67 Å². The minimum Gasteiger partial charge on any atom is -0.370 e. The summed E-state index contributed by atoms with van der Waals surface area (Å²) < 4.78 is 0. The average molecular weight is 166 g/mol. The molecule has 3 nitrogen and oxygen atoms in total. The molecule has 0 aromatic heterocycles. The van der Waals surface area contributed by atoms with Crippen molar-refractivity contribution in [3.05, 3.63) is 37.7 Å². The molecule has 1 aliphatic rings. The normalized spacial score (nSPS) is 18.1. The Bertz CT molecular complexity index is 201. The lowest BCUT2D eigenvalue weighted by atomic mass is 10.5. The van der Waals surface area contributed by atoms with E-state index in [-0.39, 0.29) is 0 Å². The first-order chi connectivity index (χ1) is 5.77. The minimum atomic E-state index is -0.587. The third kappa shape index (κ3) is 1.89. The Hall–Kier alpha value is -1.22. The van der Waals surface area contributed by atoms with Crippen LogP contribution in [-0.2, 0) is 0 Å². The Labute approximate surface area is 72.9 Å². The highest BCUT2D eigenvalue weighted by molar-refractivity contribution is 4.96.